The number of hydrogen-bond acceptors (Lipinski definition) is 7. The molecule has 0 aliphatic heterocycles. The van der Waals surface area contributed by atoms with E-state index in [1.165, 1.54) is 11.9 Å². The first-order valence-electron chi connectivity index (χ1n) is 19.4. The molecule has 1 aromatic heterocycles. The number of aryl methyl sites for hydroxylation is 1. The van der Waals surface area contributed by atoms with Crippen molar-refractivity contribution in [1.29, 1.82) is 0 Å². The van der Waals surface area contributed by atoms with Gasteiger partial charge in [0.1, 0.15) is 23.7 Å². The highest BCUT2D eigenvalue weighted by Gasteiger charge is 2.30. The lowest BCUT2D eigenvalue weighted by Gasteiger charge is -2.26. The maximum absolute atomic E-state index is 14.0. The summed E-state index contributed by atoms with van der Waals surface area (Å²) in [6.07, 6.45) is 2.25. The number of benzene rings is 3. The molecule has 15 heteroatoms. The number of para-hydroxylation sites is 2. The van der Waals surface area contributed by atoms with Crippen LogP contribution in [0.5, 0.6) is 0 Å². The molecular formula is C43H56N8O7. The number of anilines is 1. The number of nitrogens with zero attached hydrogens (tertiary/aromatic N) is 1. The van der Waals surface area contributed by atoms with Crippen LogP contribution in [-0.2, 0) is 36.8 Å². The number of urea groups is 1. The number of fused-ring (bicyclic) bond motifs is 1. The molecule has 0 saturated carbocycles. The van der Waals surface area contributed by atoms with Gasteiger partial charge in [0.2, 0.25) is 23.6 Å². The number of alkyl carbamates (subject to hydrolysis) is 1. The molecule has 0 aliphatic carbocycles. The lowest BCUT2D eigenvalue weighted by atomic mass is 10.0. The van der Waals surface area contributed by atoms with Crippen LogP contribution in [0.3, 0.4) is 0 Å². The van der Waals surface area contributed by atoms with E-state index in [9.17, 15) is 28.8 Å². The third-order valence-electron chi connectivity index (χ3n) is 9.44. The van der Waals surface area contributed by atoms with Crippen molar-refractivity contribution >= 4 is 52.3 Å². The molecular weight excluding hydrogens is 741 g/mol. The molecule has 58 heavy (non-hydrogen) atoms. The molecule has 0 spiro atoms. The van der Waals surface area contributed by atoms with Gasteiger partial charge in [-0.05, 0) is 75.8 Å². The molecule has 310 valence electrons. The number of carbonyl (C=O) groups excluding carboxylic acids is 6. The smallest absolute Gasteiger partial charge is 0.408 e. The Bertz CT molecular complexity index is 2030. The molecule has 3 aromatic carbocycles. The van der Waals surface area contributed by atoms with Crippen LogP contribution in [0.4, 0.5) is 15.3 Å². The first kappa shape index (κ1) is 44.3. The van der Waals surface area contributed by atoms with Crippen LogP contribution in [0.15, 0.2) is 85.1 Å². The average Bonchev–Trinajstić information content (AvgIpc) is 3.58. The van der Waals surface area contributed by atoms with E-state index in [0.29, 0.717) is 25.1 Å². The number of ether oxygens (including phenoxy) is 1. The summed E-state index contributed by atoms with van der Waals surface area (Å²) in [5.41, 5.74) is 8.90. The van der Waals surface area contributed by atoms with Crippen LogP contribution in [-0.4, -0.2) is 89.5 Å². The number of likely N-dealkylation sites (N-methyl/N-ethyl adjacent to an activating group) is 1. The Balaban J connectivity index is 1.43. The number of rotatable bonds is 19. The standard InChI is InChI=1S/C43H56N8O7/c1-28-15-9-11-19-32(28)49-41(56)46-23-14-13-21-34(39(54)45-24-22-37(52)51(5)36(38(44)53)25-29-16-7-6-8-17-29)48-40(55)35(50-42(57)58-43(2,3)4)26-30-27-47-33-20-12-10-18-31(30)33/h6-12,15-20,27,34-36,47H,13-14,21-26H2,1-5H3,(H2,44,53)(H,45,54)(H,48,55)(H,50,57)(H2,46,49,56)/t34-,35-,36-/m0/s1. The number of aromatic amines is 1. The molecule has 0 bridgehead atoms. The van der Waals surface area contributed by atoms with E-state index in [0.717, 1.165) is 27.6 Å². The van der Waals surface area contributed by atoms with Gasteiger partial charge in [-0.15, -0.1) is 0 Å². The van der Waals surface area contributed by atoms with E-state index in [4.69, 9.17) is 10.5 Å². The van der Waals surface area contributed by atoms with Gasteiger partial charge < -0.3 is 46.9 Å². The maximum Gasteiger partial charge on any atom is 0.408 e. The molecule has 0 unspecified atom stereocenters. The first-order chi connectivity index (χ1) is 27.6. The fourth-order valence-electron chi connectivity index (χ4n) is 6.31. The zero-order valence-corrected chi connectivity index (χ0v) is 33.9. The second-order valence-corrected chi connectivity index (χ2v) is 15.2. The molecule has 3 atom stereocenters. The van der Waals surface area contributed by atoms with Crippen molar-refractivity contribution in [3.8, 4) is 0 Å². The molecule has 0 fully saturated rings. The highest BCUT2D eigenvalue weighted by Crippen LogP contribution is 2.20. The van der Waals surface area contributed by atoms with Gasteiger partial charge >= 0.3 is 12.1 Å². The zero-order valence-electron chi connectivity index (χ0n) is 33.9. The van der Waals surface area contributed by atoms with Crippen LogP contribution < -0.4 is 32.3 Å². The van der Waals surface area contributed by atoms with Gasteiger partial charge in [-0.3, -0.25) is 19.2 Å². The van der Waals surface area contributed by atoms with Gasteiger partial charge in [0.15, 0.2) is 0 Å². The Morgan fingerprint density at radius 1 is 0.793 bits per heavy atom. The predicted octanol–water partition coefficient (Wildman–Crippen LogP) is 4.45. The molecule has 7 amide bonds. The third kappa shape index (κ3) is 14.0. The van der Waals surface area contributed by atoms with Gasteiger partial charge in [-0.25, -0.2) is 9.59 Å². The van der Waals surface area contributed by atoms with Crippen molar-refractivity contribution in [3.63, 3.8) is 0 Å². The van der Waals surface area contributed by atoms with Gasteiger partial charge in [0.25, 0.3) is 0 Å². The molecule has 0 saturated heterocycles. The Morgan fingerprint density at radius 2 is 1.48 bits per heavy atom. The molecule has 1 heterocycles. The summed E-state index contributed by atoms with van der Waals surface area (Å²) in [4.78, 5) is 83.2. The molecule has 0 radical (unpaired) electrons. The highest BCUT2D eigenvalue weighted by atomic mass is 16.6. The largest absolute Gasteiger partial charge is 0.444 e. The molecule has 0 aliphatic rings. The lowest BCUT2D eigenvalue weighted by Crippen LogP contribution is -2.55. The summed E-state index contributed by atoms with van der Waals surface area (Å²) in [5, 5.41) is 14.7. The summed E-state index contributed by atoms with van der Waals surface area (Å²) in [5.74, 6) is -2.23. The van der Waals surface area contributed by atoms with Crippen molar-refractivity contribution in [2.45, 2.75) is 89.9 Å². The Morgan fingerprint density at radius 3 is 2.19 bits per heavy atom. The number of unbranched alkanes of at least 4 members (excludes halogenated alkanes) is 1. The van der Waals surface area contributed by atoms with Crippen molar-refractivity contribution in [2.75, 3.05) is 25.5 Å². The van der Waals surface area contributed by atoms with Crippen molar-refractivity contribution in [2.24, 2.45) is 5.73 Å². The summed E-state index contributed by atoms with van der Waals surface area (Å²) in [6.45, 7) is 7.24. The van der Waals surface area contributed by atoms with E-state index >= 15 is 0 Å². The highest BCUT2D eigenvalue weighted by molar-refractivity contribution is 5.93. The average molecular weight is 797 g/mol. The van der Waals surface area contributed by atoms with E-state index < -0.39 is 53.4 Å². The SMILES string of the molecule is Cc1ccccc1NC(=O)NCCCC[C@H](NC(=O)[C@H](Cc1c[nH]c2ccccc12)NC(=O)OC(C)(C)C)C(=O)NCCC(=O)N(C)[C@@H](Cc1ccccc1)C(N)=O. The number of nitrogens with two attached hydrogens (primary N) is 1. The molecule has 4 aromatic rings. The summed E-state index contributed by atoms with van der Waals surface area (Å²) in [7, 11) is 1.49. The summed E-state index contributed by atoms with van der Waals surface area (Å²) in [6, 6.07) is 20.7. The lowest BCUT2D eigenvalue weighted by molar-refractivity contribution is -0.137. The van der Waals surface area contributed by atoms with Gasteiger partial charge in [0.05, 0.1) is 0 Å². The zero-order chi connectivity index (χ0) is 42.2. The van der Waals surface area contributed by atoms with Crippen molar-refractivity contribution in [1.82, 2.24) is 31.2 Å². The quantitative estimate of drug-likeness (QED) is 0.0676. The Hall–Kier alpha value is -6.38. The maximum atomic E-state index is 14.0. The van der Waals surface area contributed by atoms with Crippen LogP contribution in [0.1, 0.15) is 63.1 Å². The number of nitrogens with one attached hydrogen (secondary N) is 6. The monoisotopic (exact) mass is 796 g/mol. The van der Waals surface area contributed by atoms with E-state index in [2.05, 4.69) is 31.6 Å². The van der Waals surface area contributed by atoms with Crippen LogP contribution in [0, 0.1) is 6.92 Å². The number of carbonyl (C=O) groups is 6. The van der Waals surface area contributed by atoms with E-state index in [-0.39, 0.29) is 38.3 Å². The third-order valence-corrected chi connectivity index (χ3v) is 9.44. The second-order valence-electron chi connectivity index (χ2n) is 15.2. The Labute approximate surface area is 339 Å². The number of amides is 7. The van der Waals surface area contributed by atoms with Crippen LogP contribution in [0.2, 0.25) is 0 Å². The topological polar surface area (TPSA) is 217 Å². The Kier molecular flexibility index (Phi) is 16.2. The van der Waals surface area contributed by atoms with Gasteiger partial charge in [0, 0.05) is 62.2 Å². The van der Waals surface area contributed by atoms with Gasteiger partial charge in [-0.2, -0.15) is 0 Å². The molecule has 15 nitrogen and oxygen atoms in total. The van der Waals surface area contributed by atoms with E-state index in [1.807, 2.05) is 79.7 Å². The van der Waals surface area contributed by atoms with Crippen molar-refractivity contribution in [3.05, 3.63) is 102 Å². The summed E-state index contributed by atoms with van der Waals surface area (Å²) >= 11 is 0. The second kappa shape index (κ2) is 21.2. The fraction of sp³-hybridized carbons (Fsp3) is 0.395. The minimum Gasteiger partial charge on any atom is -0.444 e. The van der Waals surface area contributed by atoms with Crippen molar-refractivity contribution < 1.29 is 33.5 Å². The number of aromatic nitrogens is 1. The normalized spacial score (nSPS) is 12.7. The van der Waals surface area contributed by atoms with Crippen LogP contribution >= 0.6 is 0 Å². The fourth-order valence-corrected chi connectivity index (χ4v) is 6.31. The number of hydrogen-bond donors (Lipinski definition) is 7. The minimum atomic E-state index is -1.12. The molecule has 8 N–H and O–H groups in total. The van der Waals surface area contributed by atoms with Gasteiger partial charge in [-0.1, -0.05) is 66.7 Å². The van der Waals surface area contributed by atoms with E-state index in [1.54, 1.807) is 33.0 Å². The number of H-pyrrole nitrogens is 1. The molecule has 4 rings (SSSR count). The minimum absolute atomic E-state index is 0.0826. The summed E-state index contributed by atoms with van der Waals surface area (Å²) < 4.78 is 5.47. The predicted molar refractivity (Wildman–Crippen MR) is 223 cm³/mol. The first-order valence-corrected chi connectivity index (χ1v) is 19.4. The van der Waals surface area contributed by atoms with Crippen LogP contribution in [0.25, 0.3) is 10.9 Å². The number of primary amides is 1.